The lowest BCUT2D eigenvalue weighted by molar-refractivity contribution is -0.132. The number of halogens is 3. The molecule has 0 aliphatic heterocycles. The molecule has 5 heteroatoms. The molecule has 0 aromatic heterocycles. The number of anilines is 1. The standard InChI is InChI=1S/C14H21F3N2/c1-4-18-11(2)12-7-5-6-8-13(12)19(3)10-9-14(15,16)17/h5-8,11,18H,4,9-10H2,1-3H3. The van der Waals surface area contributed by atoms with Crippen LogP contribution in [0.25, 0.3) is 0 Å². The first-order chi connectivity index (χ1) is 8.85. The van der Waals surface area contributed by atoms with Crippen molar-refractivity contribution >= 4 is 5.69 Å². The Kier molecular flexibility index (Phi) is 5.66. The van der Waals surface area contributed by atoms with Gasteiger partial charge in [-0.1, -0.05) is 25.1 Å². The van der Waals surface area contributed by atoms with Crippen LogP contribution in [0.5, 0.6) is 0 Å². The van der Waals surface area contributed by atoms with Crippen molar-refractivity contribution in [3.8, 4) is 0 Å². The second-order valence-electron chi connectivity index (χ2n) is 4.62. The fraction of sp³-hybridized carbons (Fsp3) is 0.571. The third-order valence-electron chi connectivity index (χ3n) is 3.06. The predicted octanol–water partition coefficient (Wildman–Crippen LogP) is 3.75. The maximum Gasteiger partial charge on any atom is 0.390 e. The minimum atomic E-state index is -4.11. The number of benzene rings is 1. The Morgan fingerprint density at radius 1 is 1.26 bits per heavy atom. The molecule has 0 bridgehead atoms. The van der Waals surface area contributed by atoms with Crippen LogP contribution in [-0.2, 0) is 0 Å². The molecule has 1 atom stereocenters. The lowest BCUT2D eigenvalue weighted by atomic mass is 10.1. The summed E-state index contributed by atoms with van der Waals surface area (Å²) in [6, 6.07) is 7.69. The molecule has 0 heterocycles. The molecule has 1 aromatic carbocycles. The molecule has 0 aliphatic rings. The Morgan fingerprint density at radius 3 is 2.47 bits per heavy atom. The van der Waals surface area contributed by atoms with Crippen molar-refractivity contribution in [1.82, 2.24) is 5.32 Å². The number of hydrogen-bond donors (Lipinski definition) is 1. The molecule has 1 unspecified atom stereocenters. The smallest absolute Gasteiger partial charge is 0.374 e. The number of alkyl halides is 3. The van der Waals surface area contributed by atoms with E-state index < -0.39 is 12.6 Å². The Hall–Kier alpha value is -1.23. The van der Waals surface area contributed by atoms with E-state index in [0.29, 0.717) is 0 Å². The van der Waals surface area contributed by atoms with Gasteiger partial charge >= 0.3 is 6.18 Å². The van der Waals surface area contributed by atoms with Crippen molar-refractivity contribution in [2.75, 3.05) is 25.0 Å². The monoisotopic (exact) mass is 274 g/mol. The average molecular weight is 274 g/mol. The highest BCUT2D eigenvalue weighted by molar-refractivity contribution is 5.54. The van der Waals surface area contributed by atoms with E-state index in [4.69, 9.17) is 0 Å². The molecule has 0 saturated carbocycles. The second-order valence-corrected chi connectivity index (χ2v) is 4.62. The molecular weight excluding hydrogens is 253 g/mol. The summed E-state index contributed by atoms with van der Waals surface area (Å²) >= 11 is 0. The summed E-state index contributed by atoms with van der Waals surface area (Å²) < 4.78 is 36.8. The Bertz CT molecular complexity index is 391. The maximum atomic E-state index is 12.3. The fourth-order valence-electron chi connectivity index (χ4n) is 2.03. The number of hydrogen-bond acceptors (Lipinski definition) is 2. The van der Waals surface area contributed by atoms with Gasteiger partial charge in [-0.05, 0) is 25.1 Å². The van der Waals surface area contributed by atoms with Crippen LogP contribution in [0.3, 0.4) is 0 Å². The van der Waals surface area contributed by atoms with Gasteiger partial charge in [0.2, 0.25) is 0 Å². The molecule has 0 fully saturated rings. The molecule has 1 aromatic rings. The third kappa shape index (κ3) is 5.11. The van der Waals surface area contributed by atoms with E-state index >= 15 is 0 Å². The van der Waals surface area contributed by atoms with E-state index in [1.54, 1.807) is 11.9 Å². The largest absolute Gasteiger partial charge is 0.390 e. The summed E-state index contributed by atoms with van der Waals surface area (Å²) in [4.78, 5) is 1.66. The summed E-state index contributed by atoms with van der Waals surface area (Å²) in [5.74, 6) is 0. The Labute approximate surface area is 112 Å². The van der Waals surface area contributed by atoms with E-state index in [1.165, 1.54) is 0 Å². The first-order valence-corrected chi connectivity index (χ1v) is 6.45. The minimum Gasteiger partial charge on any atom is -0.374 e. The number of nitrogens with one attached hydrogen (secondary N) is 1. The van der Waals surface area contributed by atoms with Crippen molar-refractivity contribution in [3.05, 3.63) is 29.8 Å². The SMILES string of the molecule is CCNC(C)c1ccccc1N(C)CCC(F)(F)F. The van der Waals surface area contributed by atoms with Crippen LogP contribution in [-0.4, -0.2) is 26.3 Å². The molecule has 108 valence electrons. The molecular formula is C14H21F3N2. The Morgan fingerprint density at radius 2 is 1.89 bits per heavy atom. The van der Waals surface area contributed by atoms with Gasteiger partial charge in [0.15, 0.2) is 0 Å². The highest BCUT2D eigenvalue weighted by Crippen LogP contribution is 2.27. The fourth-order valence-corrected chi connectivity index (χ4v) is 2.03. The minimum absolute atomic E-state index is 0.0284. The van der Waals surface area contributed by atoms with Crippen molar-refractivity contribution in [1.29, 1.82) is 0 Å². The van der Waals surface area contributed by atoms with Gasteiger partial charge in [0.25, 0.3) is 0 Å². The topological polar surface area (TPSA) is 15.3 Å². The van der Waals surface area contributed by atoms with Crippen LogP contribution >= 0.6 is 0 Å². The maximum absolute atomic E-state index is 12.3. The molecule has 0 saturated heterocycles. The lowest BCUT2D eigenvalue weighted by Crippen LogP contribution is -2.27. The molecule has 0 amide bonds. The molecule has 0 spiro atoms. The quantitative estimate of drug-likeness (QED) is 0.850. The zero-order valence-corrected chi connectivity index (χ0v) is 11.6. The summed E-state index contributed by atoms with van der Waals surface area (Å²) in [5, 5.41) is 3.28. The van der Waals surface area contributed by atoms with Crippen LogP contribution in [0.2, 0.25) is 0 Å². The van der Waals surface area contributed by atoms with E-state index in [1.807, 2.05) is 38.1 Å². The lowest BCUT2D eigenvalue weighted by Gasteiger charge is -2.25. The third-order valence-corrected chi connectivity index (χ3v) is 3.06. The van der Waals surface area contributed by atoms with Crippen LogP contribution in [0.1, 0.15) is 31.9 Å². The highest BCUT2D eigenvalue weighted by atomic mass is 19.4. The van der Waals surface area contributed by atoms with Gasteiger partial charge in [-0.2, -0.15) is 13.2 Å². The van der Waals surface area contributed by atoms with Gasteiger partial charge in [0, 0.05) is 25.3 Å². The summed E-state index contributed by atoms with van der Waals surface area (Å²) in [5.41, 5.74) is 1.87. The van der Waals surface area contributed by atoms with Crippen LogP contribution in [0.4, 0.5) is 18.9 Å². The first kappa shape index (κ1) is 15.8. The highest BCUT2D eigenvalue weighted by Gasteiger charge is 2.27. The number of nitrogens with zero attached hydrogens (tertiary/aromatic N) is 1. The predicted molar refractivity (Wildman–Crippen MR) is 72.5 cm³/mol. The summed E-state index contributed by atoms with van der Waals surface area (Å²) in [7, 11) is 1.70. The normalized spacial score (nSPS) is 13.4. The van der Waals surface area contributed by atoms with E-state index in [9.17, 15) is 13.2 Å². The number of para-hydroxylation sites is 1. The van der Waals surface area contributed by atoms with Crippen molar-refractivity contribution in [2.45, 2.75) is 32.5 Å². The van der Waals surface area contributed by atoms with Crippen LogP contribution in [0.15, 0.2) is 24.3 Å². The van der Waals surface area contributed by atoms with E-state index in [2.05, 4.69) is 5.32 Å². The molecule has 1 rings (SSSR count). The van der Waals surface area contributed by atoms with Crippen molar-refractivity contribution in [2.24, 2.45) is 0 Å². The van der Waals surface area contributed by atoms with E-state index in [0.717, 1.165) is 17.8 Å². The molecule has 19 heavy (non-hydrogen) atoms. The van der Waals surface area contributed by atoms with Gasteiger partial charge in [0.1, 0.15) is 0 Å². The summed E-state index contributed by atoms with van der Waals surface area (Å²) in [6.07, 6.45) is -4.91. The second kappa shape index (κ2) is 6.80. The average Bonchev–Trinajstić information content (AvgIpc) is 2.35. The molecule has 2 nitrogen and oxygen atoms in total. The number of rotatable bonds is 6. The van der Waals surface area contributed by atoms with Crippen LogP contribution in [0, 0.1) is 0 Å². The zero-order valence-electron chi connectivity index (χ0n) is 11.6. The van der Waals surface area contributed by atoms with Gasteiger partial charge in [-0.15, -0.1) is 0 Å². The van der Waals surface area contributed by atoms with Crippen LogP contribution < -0.4 is 10.2 Å². The molecule has 0 radical (unpaired) electrons. The van der Waals surface area contributed by atoms with Gasteiger partial charge in [-0.3, -0.25) is 0 Å². The van der Waals surface area contributed by atoms with Gasteiger partial charge < -0.3 is 10.2 Å². The molecule has 1 N–H and O–H groups in total. The molecule has 0 aliphatic carbocycles. The Balaban J connectivity index is 2.81. The van der Waals surface area contributed by atoms with E-state index in [-0.39, 0.29) is 12.6 Å². The first-order valence-electron chi connectivity index (χ1n) is 6.45. The van der Waals surface area contributed by atoms with Crippen molar-refractivity contribution in [3.63, 3.8) is 0 Å². The van der Waals surface area contributed by atoms with Gasteiger partial charge in [-0.25, -0.2) is 0 Å². The van der Waals surface area contributed by atoms with Crippen molar-refractivity contribution < 1.29 is 13.2 Å². The van der Waals surface area contributed by atoms with Gasteiger partial charge in [0.05, 0.1) is 6.42 Å². The summed E-state index contributed by atoms with van der Waals surface area (Å²) in [6.45, 7) is 4.81. The zero-order chi connectivity index (χ0) is 14.5.